The maximum Gasteiger partial charge on any atom is 0.421 e. The van der Waals surface area contributed by atoms with Crippen LogP contribution in [0.2, 0.25) is 0 Å². The minimum Gasteiger partial charge on any atom is -0.497 e. The molecule has 1 saturated heterocycles. The Labute approximate surface area is 157 Å². The first kappa shape index (κ1) is 18.2. The lowest BCUT2D eigenvalue weighted by Gasteiger charge is -2.13. The van der Waals surface area contributed by atoms with E-state index in [0.29, 0.717) is 13.2 Å². The van der Waals surface area contributed by atoms with Crippen LogP contribution >= 0.6 is 11.9 Å². The predicted molar refractivity (Wildman–Crippen MR) is 102 cm³/mol. The Morgan fingerprint density at radius 2 is 2.00 bits per heavy atom. The predicted octanol–water partition coefficient (Wildman–Crippen LogP) is 3.59. The van der Waals surface area contributed by atoms with E-state index < -0.39 is 0 Å². The summed E-state index contributed by atoms with van der Waals surface area (Å²) in [5, 5.41) is 0. The second kappa shape index (κ2) is 9.18. The van der Waals surface area contributed by atoms with Gasteiger partial charge in [0.1, 0.15) is 18.4 Å². The second-order valence-corrected chi connectivity index (χ2v) is 6.43. The number of cyclic esters (lactones) is 1. The van der Waals surface area contributed by atoms with Crippen LogP contribution in [0.3, 0.4) is 0 Å². The topological polar surface area (TPSA) is 50.8 Å². The summed E-state index contributed by atoms with van der Waals surface area (Å²) < 4.78 is 13.5. The van der Waals surface area contributed by atoms with Crippen molar-refractivity contribution in [2.75, 3.05) is 20.3 Å². The lowest BCUT2D eigenvalue weighted by atomic mass is 10.1. The van der Waals surface area contributed by atoms with E-state index in [9.17, 15) is 4.79 Å². The Morgan fingerprint density at radius 1 is 1.23 bits per heavy atom. The van der Waals surface area contributed by atoms with Gasteiger partial charge in [-0.3, -0.25) is 0 Å². The molecule has 0 saturated carbocycles. The Kier molecular flexibility index (Phi) is 6.42. The number of hydrogen-bond donors (Lipinski definition) is 1. The lowest BCUT2D eigenvalue weighted by Crippen LogP contribution is -2.19. The third kappa shape index (κ3) is 4.94. The molecule has 5 nitrogen and oxygen atoms in total. The third-order valence-electron chi connectivity index (χ3n) is 3.84. The lowest BCUT2D eigenvalue weighted by molar-refractivity contribution is 0.167. The number of carbonyl (C=O) groups excluding carboxylic acids is 1. The zero-order valence-corrected chi connectivity index (χ0v) is 15.3. The Hall–Kier alpha value is -2.62. The highest BCUT2D eigenvalue weighted by molar-refractivity contribution is 7.96. The van der Waals surface area contributed by atoms with Crippen molar-refractivity contribution in [3.63, 3.8) is 0 Å². The fourth-order valence-electron chi connectivity index (χ4n) is 2.39. The molecule has 26 heavy (non-hydrogen) atoms. The van der Waals surface area contributed by atoms with E-state index in [0.717, 1.165) is 17.1 Å². The highest BCUT2D eigenvalue weighted by Crippen LogP contribution is 2.19. The molecular formula is C20H20N2O3S. The molecule has 6 heteroatoms. The van der Waals surface area contributed by atoms with E-state index in [1.807, 2.05) is 54.6 Å². The van der Waals surface area contributed by atoms with Crippen LogP contribution in [0.5, 0.6) is 5.75 Å². The number of rotatable bonds is 6. The molecule has 0 aromatic heterocycles. The van der Waals surface area contributed by atoms with Crippen molar-refractivity contribution in [2.24, 2.45) is 0 Å². The number of benzene rings is 2. The smallest absolute Gasteiger partial charge is 0.421 e. The van der Waals surface area contributed by atoms with Crippen LogP contribution < -0.4 is 9.46 Å². The van der Waals surface area contributed by atoms with E-state index in [2.05, 4.69) is 16.7 Å². The van der Waals surface area contributed by atoms with Gasteiger partial charge in [-0.25, -0.2) is 14.4 Å². The van der Waals surface area contributed by atoms with Crippen LogP contribution in [-0.4, -0.2) is 31.3 Å². The molecule has 0 bridgehead atoms. The molecule has 1 N–H and O–H groups in total. The molecule has 2 aromatic carbocycles. The highest BCUT2D eigenvalue weighted by atomic mass is 32.2. The summed E-state index contributed by atoms with van der Waals surface area (Å²) in [6, 6.07) is 20.6. The molecule has 1 amide bonds. The van der Waals surface area contributed by atoms with Gasteiger partial charge in [-0.15, -0.1) is 0 Å². The standard InChI is InChI=1S/C20H20N2O3S/c1-24-18-9-7-16(8-10-18)15-26-21-19(17-5-3-2-4-6-17)11-12-22-13-14-25-20(22)23/h2-10,19,21H,13-15H2,1H3. The summed E-state index contributed by atoms with van der Waals surface area (Å²) in [5.74, 6) is 4.77. The normalized spacial score (nSPS) is 14.3. The minimum absolute atomic E-state index is 0.187. The molecule has 0 aliphatic carbocycles. The van der Waals surface area contributed by atoms with Crippen LogP contribution in [0.25, 0.3) is 0 Å². The van der Waals surface area contributed by atoms with Gasteiger partial charge in [0.15, 0.2) is 0 Å². The summed E-state index contributed by atoms with van der Waals surface area (Å²) in [4.78, 5) is 12.9. The summed E-state index contributed by atoms with van der Waals surface area (Å²) >= 11 is 1.58. The Morgan fingerprint density at radius 3 is 2.65 bits per heavy atom. The molecular weight excluding hydrogens is 348 g/mol. The van der Waals surface area contributed by atoms with Gasteiger partial charge >= 0.3 is 6.09 Å². The van der Waals surface area contributed by atoms with Gasteiger partial charge in [-0.2, -0.15) is 0 Å². The first-order valence-electron chi connectivity index (χ1n) is 8.27. The molecule has 2 aromatic rings. The van der Waals surface area contributed by atoms with Crippen molar-refractivity contribution >= 4 is 18.0 Å². The number of methoxy groups -OCH3 is 1. The zero-order valence-electron chi connectivity index (χ0n) is 14.5. The van der Waals surface area contributed by atoms with E-state index in [-0.39, 0.29) is 12.1 Å². The fourth-order valence-corrected chi connectivity index (χ4v) is 3.20. The summed E-state index contributed by atoms with van der Waals surface area (Å²) in [6.45, 7) is 0.898. The number of carbonyl (C=O) groups is 1. The third-order valence-corrected chi connectivity index (χ3v) is 4.72. The number of nitrogens with one attached hydrogen (secondary N) is 1. The average Bonchev–Trinajstić information content (AvgIpc) is 3.10. The summed E-state index contributed by atoms with van der Waals surface area (Å²) in [7, 11) is 1.66. The Bertz CT molecular complexity index is 784. The van der Waals surface area contributed by atoms with Gasteiger partial charge in [0.2, 0.25) is 0 Å². The largest absolute Gasteiger partial charge is 0.497 e. The van der Waals surface area contributed by atoms with Crippen LogP contribution in [0.4, 0.5) is 4.79 Å². The SMILES string of the molecule is COc1ccc(CSNC(C#CN2CCOC2=O)c2ccccc2)cc1. The van der Waals surface area contributed by atoms with Gasteiger partial charge < -0.3 is 9.47 Å². The first-order chi connectivity index (χ1) is 12.8. The summed E-state index contributed by atoms with van der Waals surface area (Å²) in [5.41, 5.74) is 2.24. The van der Waals surface area contributed by atoms with Crippen molar-refractivity contribution in [1.82, 2.24) is 9.62 Å². The molecule has 1 aliphatic heterocycles. The number of nitrogens with zero attached hydrogens (tertiary/aromatic N) is 1. The minimum atomic E-state index is -0.379. The van der Waals surface area contributed by atoms with Crippen molar-refractivity contribution in [1.29, 1.82) is 0 Å². The maximum absolute atomic E-state index is 11.5. The molecule has 0 spiro atoms. The summed E-state index contributed by atoms with van der Waals surface area (Å²) in [6.07, 6.45) is -0.379. The van der Waals surface area contributed by atoms with Crippen molar-refractivity contribution in [3.05, 3.63) is 65.7 Å². The van der Waals surface area contributed by atoms with Crippen molar-refractivity contribution in [3.8, 4) is 17.7 Å². The Balaban J connectivity index is 1.64. The van der Waals surface area contributed by atoms with Crippen molar-refractivity contribution in [2.45, 2.75) is 11.8 Å². The monoisotopic (exact) mass is 368 g/mol. The number of amides is 1. The highest BCUT2D eigenvalue weighted by Gasteiger charge is 2.20. The molecule has 3 rings (SSSR count). The molecule has 0 radical (unpaired) electrons. The second-order valence-electron chi connectivity index (χ2n) is 5.62. The molecule has 1 fully saturated rings. The fraction of sp³-hybridized carbons (Fsp3) is 0.250. The van der Waals surface area contributed by atoms with E-state index in [1.54, 1.807) is 19.1 Å². The molecule has 134 valence electrons. The van der Waals surface area contributed by atoms with Crippen LogP contribution in [-0.2, 0) is 10.5 Å². The molecule has 1 unspecified atom stereocenters. The van der Waals surface area contributed by atoms with Crippen LogP contribution in [0.1, 0.15) is 17.2 Å². The van der Waals surface area contributed by atoms with Gasteiger partial charge in [-0.1, -0.05) is 60.3 Å². The molecule has 1 atom stereocenters. The van der Waals surface area contributed by atoms with Gasteiger partial charge in [-0.05, 0) is 23.3 Å². The van der Waals surface area contributed by atoms with Crippen LogP contribution in [0, 0.1) is 12.0 Å². The molecule has 1 aliphatic rings. The first-order valence-corrected chi connectivity index (χ1v) is 9.25. The number of hydrogen-bond acceptors (Lipinski definition) is 5. The van der Waals surface area contributed by atoms with Crippen LogP contribution in [0.15, 0.2) is 54.6 Å². The van der Waals surface area contributed by atoms with Gasteiger partial charge in [0.25, 0.3) is 0 Å². The van der Waals surface area contributed by atoms with E-state index >= 15 is 0 Å². The number of ether oxygens (including phenoxy) is 2. The van der Waals surface area contributed by atoms with Gasteiger partial charge in [0, 0.05) is 11.8 Å². The van der Waals surface area contributed by atoms with E-state index in [4.69, 9.17) is 9.47 Å². The molecule has 1 heterocycles. The zero-order chi connectivity index (χ0) is 18.2. The van der Waals surface area contributed by atoms with Gasteiger partial charge in [0.05, 0.1) is 13.7 Å². The van der Waals surface area contributed by atoms with Crippen molar-refractivity contribution < 1.29 is 14.3 Å². The van der Waals surface area contributed by atoms with E-state index in [1.165, 1.54) is 10.5 Å². The quantitative estimate of drug-likeness (QED) is 0.624. The average molecular weight is 368 g/mol. The maximum atomic E-state index is 11.5.